The molecular weight excluding hydrogens is 240 g/mol. The molecule has 0 aromatic heterocycles. The van der Waals surface area contributed by atoms with E-state index in [1.54, 1.807) is 12.1 Å². The van der Waals surface area contributed by atoms with Crippen LogP contribution in [0.2, 0.25) is 0 Å². The molecule has 17 heavy (non-hydrogen) atoms. The van der Waals surface area contributed by atoms with Gasteiger partial charge in [-0.2, -0.15) is 0 Å². The summed E-state index contributed by atoms with van der Waals surface area (Å²) in [6.45, 7) is 1.81. The Morgan fingerprint density at radius 3 is 2.71 bits per heavy atom. The number of para-hydroxylation sites is 1. The summed E-state index contributed by atoms with van der Waals surface area (Å²) >= 11 is 0. The average molecular weight is 256 g/mol. The lowest BCUT2D eigenvalue weighted by Crippen LogP contribution is -2.39. The molecule has 1 aromatic rings. The number of nitrogens with two attached hydrogens (primary N) is 1. The maximum absolute atomic E-state index is 11.6. The minimum Gasteiger partial charge on any atom is -0.405 e. The third-order valence-electron chi connectivity index (χ3n) is 3.05. The molecule has 0 bridgehead atoms. The van der Waals surface area contributed by atoms with Crippen LogP contribution in [0.15, 0.2) is 24.3 Å². The van der Waals surface area contributed by atoms with Crippen molar-refractivity contribution in [2.75, 3.05) is 7.05 Å². The van der Waals surface area contributed by atoms with Crippen LogP contribution in [0.3, 0.4) is 0 Å². The van der Waals surface area contributed by atoms with Crippen molar-refractivity contribution in [1.82, 2.24) is 5.06 Å². The SMILES string of the molecule is CCC(C1c2ccccc2ON1C)S(N)(=O)=O. The van der Waals surface area contributed by atoms with Crippen LogP contribution >= 0.6 is 0 Å². The van der Waals surface area contributed by atoms with Crippen LogP contribution in [0.5, 0.6) is 5.75 Å². The molecule has 0 aliphatic carbocycles. The lowest BCUT2D eigenvalue weighted by Gasteiger charge is -2.24. The number of fused-ring (bicyclic) bond motifs is 1. The van der Waals surface area contributed by atoms with Gasteiger partial charge in [0.1, 0.15) is 0 Å². The number of primary sulfonamides is 1. The second-order valence-corrected chi connectivity index (χ2v) is 5.94. The van der Waals surface area contributed by atoms with Gasteiger partial charge in [-0.25, -0.2) is 13.6 Å². The van der Waals surface area contributed by atoms with Crippen molar-refractivity contribution in [1.29, 1.82) is 0 Å². The van der Waals surface area contributed by atoms with E-state index in [0.29, 0.717) is 12.2 Å². The standard InChI is InChI=1S/C11H16N2O3S/c1-3-10(17(12,14)15)11-8-6-4-5-7-9(8)16-13(11)2/h4-7,10-11H,3H2,1-2H3,(H2,12,14,15). The van der Waals surface area contributed by atoms with Crippen molar-refractivity contribution in [2.24, 2.45) is 5.14 Å². The molecule has 5 nitrogen and oxygen atoms in total. The molecular formula is C11H16N2O3S. The minimum absolute atomic E-state index is 0.341. The Balaban J connectivity index is 2.45. The Morgan fingerprint density at radius 2 is 2.12 bits per heavy atom. The van der Waals surface area contributed by atoms with Crippen molar-refractivity contribution >= 4 is 10.0 Å². The van der Waals surface area contributed by atoms with E-state index in [1.165, 1.54) is 0 Å². The number of sulfonamides is 1. The summed E-state index contributed by atoms with van der Waals surface area (Å²) in [6, 6.07) is 7.07. The largest absolute Gasteiger partial charge is 0.405 e. The van der Waals surface area contributed by atoms with Crippen LogP contribution < -0.4 is 9.98 Å². The first-order valence-electron chi connectivity index (χ1n) is 5.46. The van der Waals surface area contributed by atoms with Gasteiger partial charge in [0.25, 0.3) is 0 Å². The van der Waals surface area contributed by atoms with Crippen molar-refractivity contribution in [3.05, 3.63) is 29.8 Å². The van der Waals surface area contributed by atoms with E-state index in [9.17, 15) is 8.42 Å². The molecule has 0 amide bonds. The summed E-state index contributed by atoms with van der Waals surface area (Å²) < 4.78 is 23.2. The Morgan fingerprint density at radius 1 is 1.47 bits per heavy atom. The van der Waals surface area contributed by atoms with Gasteiger partial charge in [-0.05, 0) is 12.5 Å². The van der Waals surface area contributed by atoms with Gasteiger partial charge >= 0.3 is 0 Å². The highest BCUT2D eigenvalue weighted by Gasteiger charge is 2.40. The molecule has 1 aliphatic rings. The zero-order valence-electron chi connectivity index (χ0n) is 9.83. The zero-order chi connectivity index (χ0) is 12.6. The molecule has 94 valence electrons. The first-order chi connectivity index (χ1) is 7.95. The number of hydroxylamine groups is 2. The summed E-state index contributed by atoms with van der Waals surface area (Å²) in [5.74, 6) is 0.696. The molecule has 0 spiro atoms. The molecule has 1 heterocycles. The summed E-state index contributed by atoms with van der Waals surface area (Å²) in [7, 11) is -1.87. The molecule has 6 heteroatoms. The van der Waals surface area contributed by atoms with Gasteiger partial charge in [-0.1, -0.05) is 25.1 Å². The fraction of sp³-hybridized carbons (Fsp3) is 0.455. The van der Waals surface area contributed by atoms with Crippen molar-refractivity contribution < 1.29 is 13.3 Å². The van der Waals surface area contributed by atoms with E-state index >= 15 is 0 Å². The van der Waals surface area contributed by atoms with Crippen molar-refractivity contribution in [3.63, 3.8) is 0 Å². The van der Waals surface area contributed by atoms with Crippen LogP contribution in [0.4, 0.5) is 0 Å². The van der Waals surface area contributed by atoms with Crippen LogP contribution in [0.1, 0.15) is 24.9 Å². The second-order valence-electron chi connectivity index (χ2n) is 4.16. The normalized spacial score (nSPS) is 21.9. The highest BCUT2D eigenvalue weighted by molar-refractivity contribution is 7.89. The monoisotopic (exact) mass is 256 g/mol. The summed E-state index contributed by atoms with van der Waals surface area (Å²) in [4.78, 5) is 5.51. The van der Waals surface area contributed by atoms with E-state index in [0.717, 1.165) is 5.56 Å². The van der Waals surface area contributed by atoms with E-state index in [1.807, 2.05) is 31.2 Å². The van der Waals surface area contributed by atoms with Gasteiger partial charge in [-0.15, -0.1) is 5.06 Å². The highest BCUT2D eigenvalue weighted by Crippen LogP contribution is 2.40. The third kappa shape index (κ3) is 2.15. The van der Waals surface area contributed by atoms with E-state index in [-0.39, 0.29) is 6.04 Å². The Bertz CT molecular complexity index is 515. The molecule has 2 N–H and O–H groups in total. The molecule has 0 radical (unpaired) electrons. The van der Waals surface area contributed by atoms with Gasteiger partial charge < -0.3 is 4.84 Å². The lowest BCUT2D eigenvalue weighted by molar-refractivity contribution is -0.0452. The predicted octanol–water partition coefficient (Wildman–Crippen LogP) is 1.03. The maximum Gasteiger partial charge on any atom is 0.213 e. The van der Waals surface area contributed by atoms with Gasteiger partial charge in [0, 0.05) is 12.6 Å². The van der Waals surface area contributed by atoms with Crippen LogP contribution in [-0.4, -0.2) is 25.8 Å². The fourth-order valence-corrected chi connectivity index (χ4v) is 3.43. The number of benzene rings is 1. The second kappa shape index (κ2) is 4.29. The van der Waals surface area contributed by atoms with E-state index in [2.05, 4.69) is 0 Å². The van der Waals surface area contributed by atoms with Gasteiger partial charge in [0.2, 0.25) is 10.0 Å². The van der Waals surface area contributed by atoms with Crippen molar-refractivity contribution in [3.8, 4) is 5.75 Å². The first-order valence-corrected chi connectivity index (χ1v) is 7.07. The minimum atomic E-state index is -3.60. The molecule has 2 atom stereocenters. The number of rotatable bonds is 3. The summed E-state index contributed by atoms with van der Waals surface area (Å²) in [5.41, 5.74) is 0.871. The number of hydrogen-bond acceptors (Lipinski definition) is 4. The predicted molar refractivity (Wildman–Crippen MR) is 64.8 cm³/mol. The average Bonchev–Trinajstić information content (AvgIpc) is 2.55. The molecule has 2 unspecified atom stereocenters. The molecule has 0 saturated heterocycles. The topological polar surface area (TPSA) is 72.6 Å². The summed E-state index contributed by atoms with van der Waals surface area (Å²) in [5, 5.41) is 6.18. The zero-order valence-corrected chi connectivity index (χ0v) is 10.6. The molecule has 1 aromatic carbocycles. The van der Waals surface area contributed by atoms with Gasteiger partial charge in [-0.3, -0.25) is 0 Å². The quantitative estimate of drug-likeness (QED) is 0.876. The lowest BCUT2D eigenvalue weighted by atomic mass is 10.0. The molecule has 1 aliphatic heterocycles. The Kier molecular flexibility index (Phi) is 3.11. The third-order valence-corrected chi connectivity index (χ3v) is 4.48. The Labute approximate surface area is 101 Å². The summed E-state index contributed by atoms with van der Waals surface area (Å²) in [6.07, 6.45) is 0.450. The molecule has 0 saturated carbocycles. The fourth-order valence-electron chi connectivity index (χ4n) is 2.29. The van der Waals surface area contributed by atoms with Gasteiger partial charge in [0.05, 0.1) is 11.3 Å². The first kappa shape index (κ1) is 12.3. The number of hydrogen-bond donors (Lipinski definition) is 1. The smallest absolute Gasteiger partial charge is 0.213 e. The number of nitrogens with zero attached hydrogens (tertiary/aromatic N) is 1. The highest BCUT2D eigenvalue weighted by atomic mass is 32.2. The van der Waals surface area contributed by atoms with Crippen LogP contribution in [0, 0.1) is 0 Å². The molecule has 0 fully saturated rings. The van der Waals surface area contributed by atoms with E-state index in [4.69, 9.17) is 9.98 Å². The van der Waals surface area contributed by atoms with Gasteiger partial charge in [0.15, 0.2) is 5.75 Å². The van der Waals surface area contributed by atoms with Crippen LogP contribution in [0.25, 0.3) is 0 Å². The Hall–Kier alpha value is -1.11. The maximum atomic E-state index is 11.6. The van der Waals surface area contributed by atoms with Crippen LogP contribution in [-0.2, 0) is 10.0 Å². The van der Waals surface area contributed by atoms with E-state index < -0.39 is 15.3 Å². The molecule has 2 rings (SSSR count). The van der Waals surface area contributed by atoms with Crippen molar-refractivity contribution in [2.45, 2.75) is 24.6 Å².